The molecule has 0 aliphatic heterocycles. The Morgan fingerprint density at radius 3 is 2.57 bits per heavy atom. The second-order valence-electron chi connectivity index (χ2n) is 5.01. The number of amides is 1. The number of nitrogens with one attached hydrogen (secondary N) is 1. The Balaban J connectivity index is 1.98. The number of nitrogens with two attached hydrogens (primary N) is 1. The van der Waals surface area contributed by atoms with Gasteiger partial charge in [0.1, 0.15) is 0 Å². The highest BCUT2D eigenvalue weighted by atomic mass is 16.3. The molecule has 4 heteroatoms. The largest absolute Gasteiger partial charge is 0.399 e. The maximum atomic E-state index is 12.0. The molecule has 0 aliphatic rings. The smallest absolute Gasteiger partial charge is 0.224 e. The molecule has 0 fully saturated rings. The molecule has 0 aliphatic carbocycles. The zero-order valence-corrected chi connectivity index (χ0v) is 12.0. The number of benzene rings is 2. The molecule has 1 amide bonds. The highest BCUT2D eigenvalue weighted by Gasteiger charge is 2.10. The van der Waals surface area contributed by atoms with E-state index < -0.39 is 6.10 Å². The lowest BCUT2D eigenvalue weighted by molar-refractivity contribution is -0.116. The first kappa shape index (κ1) is 15.1. The van der Waals surface area contributed by atoms with Gasteiger partial charge in [-0.15, -0.1) is 0 Å². The average Bonchev–Trinajstić information content (AvgIpc) is 2.47. The zero-order valence-electron chi connectivity index (χ0n) is 12.0. The van der Waals surface area contributed by atoms with Crippen molar-refractivity contribution < 1.29 is 9.90 Å². The fourth-order valence-corrected chi connectivity index (χ4v) is 2.20. The number of aryl methyl sites for hydroxylation is 1. The average molecular weight is 284 g/mol. The normalized spacial score (nSPS) is 11.9. The van der Waals surface area contributed by atoms with E-state index in [-0.39, 0.29) is 5.91 Å². The molecular formula is C17H20N2O2. The van der Waals surface area contributed by atoms with Gasteiger partial charge in [0, 0.05) is 23.4 Å². The predicted molar refractivity (Wildman–Crippen MR) is 84.9 cm³/mol. The molecular weight excluding hydrogens is 264 g/mol. The van der Waals surface area contributed by atoms with Crippen LogP contribution < -0.4 is 11.1 Å². The fourth-order valence-electron chi connectivity index (χ4n) is 2.20. The van der Waals surface area contributed by atoms with Gasteiger partial charge in [-0.1, -0.05) is 36.4 Å². The number of hydrogen-bond acceptors (Lipinski definition) is 3. The van der Waals surface area contributed by atoms with Gasteiger partial charge in [0.15, 0.2) is 0 Å². The summed E-state index contributed by atoms with van der Waals surface area (Å²) in [5.74, 6) is -0.0913. The molecule has 2 rings (SSSR count). The lowest BCUT2D eigenvalue weighted by Gasteiger charge is -2.13. The number of aliphatic hydroxyl groups excluding tert-OH is 1. The van der Waals surface area contributed by atoms with E-state index in [2.05, 4.69) is 5.32 Å². The maximum Gasteiger partial charge on any atom is 0.224 e. The van der Waals surface area contributed by atoms with Crippen molar-refractivity contribution in [2.45, 2.75) is 25.9 Å². The quantitative estimate of drug-likeness (QED) is 0.739. The van der Waals surface area contributed by atoms with Crippen LogP contribution in [0.3, 0.4) is 0 Å². The van der Waals surface area contributed by atoms with Crippen LogP contribution in [0.5, 0.6) is 0 Å². The van der Waals surface area contributed by atoms with E-state index >= 15 is 0 Å². The third kappa shape index (κ3) is 4.07. The van der Waals surface area contributed by atoms with Crippen LogP contribution in [0.25, 0.3) is 0 Å². The Hall–Kier alpha value is -2.33. The molecule has 4 nitrogen and oxygen atoms in total. The van der Waals surface area contributed by atoms with Gasteiger partial charge in [0.25, 0.3) is 0 Å². The van der Waals surface area contributed by atoms with Crippen LogP contribution in [0.15, 0.2) is 48.5 Å². The number of hydrogen-bond donors (Lipinski definition) is 3. The molecule has 0 bridgehead atoms. The summed E-state index contributed by atoms with van der Waals surface area (Å²) in [6, 6.07) is 14.8. The summed E-state index contributed by atoms with van der Waals surface area (Å²) in [4.78, 5) is 12.0. The Morgan fingerprint density at radius 2 is 1.86 bits per heavy atom. The minimum atomic E-state index is -0.619. The Morgan fingerprint density at radius 1 is 1.19 bits per heavy atom. The van der Waals surface area contributed by atoms with Crippen molar-refractivity contribution in [1.82, 2.24) is 0 Å². The molecule has 0 radical (unpaired) electrons. The summed E-state index contributed by atoms with van der Waals surface area (Å²) in [5.41, 5.74) is 8.90. The SMILES string of the molecule is CC(O)c1ccccc1NC(=O)CCc1ccccc1N. The summed E-state index contributed by atoms with van der Waals surface area (Å²) in [6.07, 6.45) is 0.323. The van der Waals surface area contributed by atoms with Gasteiger partial charge >= 0.3 is 0 Å². The van der Waals surface area contributed by atoms with Crippen molar-refractivity contribution in [3.8, 4) is 0 Å². The number of rotatable bonds is 5. The van der Waals surface area contributed by atoms with Crippen molar-refractivity contribution in [3.63, 3.8) is 0 Å². The van der Waals surface area contributed by atoms with E-state index in [9.17, 15) is 9.90 Å². The summed E-state index contributed by atoms with van der Waals surface area (Å²) in [6.45, 7) is 1.68. The van der Waals surface area contributed by atoms with E-state index in [1.54, 1.807) is 19.1 Å². The third-order valence-electron chi connectivity index (χ3n) is 3.36. The van der Waals surface area contributed by atoms with E-state index in [0.29, 0.717) is 29.8 Å². The van der Waals surface area contributed by atoms with Crippen molar-refractivity contribution in [3.05, 3.63) is 59.7 Å². The monoisotopic (exact) mass is 284 g/mol. The standard InChI is InChI=1S/C17H20N2O2/c1-12(20)14-7-3-5-9-16(14)19-17(21)11-10-13-6-2-4-8-15(13)18/h2-9,12,20H,10-11,18H2,1H3,(H,19,21). The molecule has 1 unspecified atom stereocenters. The molecule has 2 aromatic carbocycles. The molecule has 110 valence electrons. The molecule has 2 aromatic rings. The molecule has 0 spiro atoms. The van der Waals surface area contributed by atoms with Gasteiger partial charge in [-0.3, -0.25) is 4.79 Å². The van der Waals surface area contributed by atoms with Crippen molar-refractivity contribution in [2.75, 3.05) is 11.1 Å². The molecule has 21 heavy (non-hydrogen) atoms. The van der Waals surface area contributed by atoms with Crippen LogP contribution in [0.2, 0.25) is 0 Å². The van der Waals surface area contributed by atoms with Crippen LogP contribution in [0.1, 0.15) is 30.6 Å². The minimum absolute atomic E-state index is 0.0913. The van der Waals surface area contributed by atoms with Gasteiger partial charge in [-0.25, -0.2) is 0 Å². The number of nitrogen functional groups attached to an aromatic ring is 1. The van der Waals surface area contributed by atoms with Crippen LogP contribution in [-0.2, 0) is 11.2 Å². The number of anilines is 2. The van der Waals surface area contributed by atoms with E-state index in [1.165, 1.54) is 0 Å². The summed E-state index contributed by atoms with van der Waals surface area (Å²) in [7, 11) is 0. The molecule has 1 atom stereocenters. The Labute approximate surface area is 124 Å². The van der Waals surface area contributed by atoms with E-state index in [1.807, 2.05) is 36.4 Å². The van der Waals surface area contributed by atoms with Gasteiger partial charge in [0.2, 0.25) is 5.91 Å². The predicted octanol–water partition coefficient (Wildman–Crippen LogP) is 2.89. The molecule has 4 N–H and O–H groups in total. The molecule has 0 saturated heterocycles. The van der Waals surface area contributed by atoms with Crippen LogP contribution in [0.4, 0.5) is 11.4 Å². The first-order valence-corrected chi connectivity index (χ1v) is 6.98. The molecule has 0 aromatic heterocycles. The van der Waals surface area contributed by atoms with Gasteiger partial charge in [-0.05, 0) is 31.0 Å². The summed E-state index contributed by atoms with van der Waals surface area (Å²) < 4.78 is 0. The lowest BCUT2D eigenvalue weighted by atomic mass is 10.1. The molecule has 0 heterocycles. The van der Waals surface area contributed by atoms with E-state index in [4.69, 9.17) is 5.73 Å². The number of para-hydroxylation sites is 2. The van der Waals surface area contributed by atoms with Crippen molar-refractivity contribution >= 4 is 17.3 Å². The van der Waals surface area contributed by atoms with Crippen LogP contribution in [-0.4, -0.2) is 11.0 Å². The lowest BCUT2D eigenvalue weighted by Crippen LogP contribution is -2.14. The fraction of sp³-hybridized carbons (Fsp3) is 0.235. The van der Waals surface area contributed by atoms with Crippen molar-refractivity contribution in [2.24, 2.45) is 0 Å². The number of carbonyl (C=O) groups excluding carboxylic acids is 1. The first-order chi connectivity index (χ1) is 10.1. The number of carbonyl (C=O) groups is 1. The van der Waals surface area contributed by atoms with E-state index in [0.717, 1.165) is 5.56 Å². The Bertz CT molecular complexity index is 624. The van der Waals surface area contributed by atoms with Gasteiger partial charge < -0.3 is 16.2 Å². The minimum Gasteiger partial charge on any atom is -0.399 e. The second-order valence-corrected chi connectivity index (χ2v) is 5.01. The Kier molecular flexibility index (Phi) is 4.95. The topological polar surface area (TPSA) is 75.3 Å². The zero-order chi connectivity index (χ0) is 15.2. The third-order valence-corrected chi connectivity index (χ3v) is 3.36. The number of aliphatic hydroxyl groups is 1. The molecule has 0 saturated carbocycles. The van der Waals surface area contributed by atoms with Gasteiger partial charge in [0.05, 0.1) is 6.10 Å². The maximum absolute atomic E-state index is 12.0. The van der Waals surface area contributed by atoms with Crippen LogP contribution >= 0.6 is 0 Å². The highest BCUT2D eigenvalue weighted by molar-refractivity contribution is 5.91. The van der Waals surface area contributed by atoms with Crippen molar-refractivity contribution in [1.29, 1.82) is 0 Å². The van der Waals surface area contributed by atoms with Crippen LogP contribution in [0, 0.1) is 0 Å². The summed E-state index contributed by atoms with van der Waals surface area (Å²) in [5, 5.41) is 12.5. The first-order valence-electron chi connectivity index (χ1n) is 6.98. The highest BCUT2D eigenvalue weighted by Crippen LogP contribution is 2.22. The second kappa shape index (κ2) is 6.90. The summed E-state index contributed by atoms with van der Waals surface area (Å²) >= 11 is 0. The van der Waals surface area contributed by atoms with Gasteiger partial charge in [-0.2, -0.15) is 0 Å².